The number of aliphatic hydroxyl groups is 2. The fourth-order valence-corrected chi connectivity index (χ4v) is 2.99. The summed E-state index contributed by atoms with van der Waals surface area (Å²) in [7, 11) is 1.62. The first-order valence-electron chi connectivity index (χ1n) is 7.76. The molecule has 118 valence electrons. The molecule has 4 nitrogen and oxygen atoms in total. The number of ether oxygens (including phenoxy) is 1. The van der Waals surface area contributed by atoms with Crippen molar-refractivity contribution in [1.29, 1.82) is 0 Å². The minimum atomic E-state index is -0.595. The van der Waals surface area contributed by atoms with Crippen LogP contribution in [0, 0.1) is 5.92 Å². The van der Waals surface area contributed by atoms with E-state index in [9.17, 15) is 10.2 Å². The standard InChI is InChI=1S/C17H27NO3/c1-13-6-8-17(12-19,9-7-13)18-11-16(20)14-4-3-5-15(10-14)21-2/h3-5,10,13,16,18-20H,6-9,11-12H2,1-2H3. The van der Waals surface area contributed by atoms with Crippen LogP contribution in [0.15, 0.2) is 24.3 Å². The molecule has 0 spiro atoms. The molecule has 0 aliphatic heterocycles. The number of nitrogens with one attached hydrogen (secondary N) is 1. The van der Waals surface area contributed by atoms with E-state index in [1.165, 1.54) is 0 Å². The maximum atomic E-state index is 10.3. The lowest BCUT2D eigenvalue weighted by Crippen LogP contribution is -2.52. The van der Waals surface area contributed by atoms with Gasteiger partial charge >= 0.3 is 0 Å². The lowest BCUT2D eigenvalue weighted by Gasteiger charge is -2.39. The summed E-state index contributed by atoms with van der Waals surface area (Å²) in [5.41, 5.74) is 0.603. The Balaban J connectivity index is 1.94. The zero-order chi connectivity index (χ0) is 15.3. The van der Waals surface area contributed by atoms with Gasteiger partial charge in [-0.25, -0.2) is 0 Å². The molecule has 1 aliphatic rings. The second-order valence-corrected chi connectivity index (χ2v) is 6.29. The van der Waals surface area contributed by atoms with Crippen LogP contribution in [-0.4, -0.2) is 36.0 Å². The molecule has 0 bridgehead atoms. The van der Waals surface area contributed by atoms with Crippen LogP contribution in [0.25, 0.3) is 0 Å². The van der Waals surface area contributed by atoms with Crippen molar-refractivity contribution < 1.29 is 14.9 Å². The average molecular weight is 293 g/mol. The van der Waals surface area contributed by atoms with Crippen molar-refractivity contribution in [2.75, 3.05) is 20.3 Å². The van der Waals surface area contributed by atoms with Crippen molar-refractivity contribution in [1.82, 2.24) is 5.32 Å². The quantitative estimate of drug-likeness (QED) is 0.753. The summed E-state index contributed by atoms with van der Waals surface area (Å²) in [4.78, 5) is 0. The van der Waals surface area contributed by atoms with E-state index < -0.39 is 6.10 Å². The minimum Gasteiger partial charge on any atom is -0.497 e. The molecule has 1 aliphatic carbocycles. The topological polar surface area (TPSA) is 61.7 Å². The SMILES string of the molecule is COc1cccc(C(O)CNC2(CO)CCC(C)CC2)c1. The molecule has 1 saturated carbocycles. The molecule has 0 radical (unpaired) electrons. The second kappa shape index (κ2) is 7.25. The molecular formula is C17H27NO3. The Labute approximate surface area is 127 Å². The van der Waals surface area contributed by atoms with Gasteiger partial charge in [-0.2, -0.15) is 0 Å². The fraction of sp³-hybridized carbons (Fsp3) is 0.647. The number of β-amino-alcohol motifs (C(OH)–C–C–N with tert-alkyl or cyclic N) is 1. The summed E-state index contributed by atoms with van der Waals surface area (Å²) < 4.78 is 5.18. The highest BCUT2D eigenvalue weighted by Gasteiger charge is 2.33. The van der Waals surface area contributed by atoms with Gasteiger partial charge in [0.25, 0.3) is 0 Å². The van der Waals surface area contributed by atoms with Gasteiger partial charge in [-0.05, 0) is 49.3 Å². The van der Waals surface area contributed by atoms with E-state index in [4.69, 9.17) is 4.74 Å². The van der Waals surface area contributed by atoms with Crippen LogP contribution in [0.4, 0.5) is 0 Å². The molecule has 1 atom stereocenters. The van der Waals surface area contributed by atoms with Crippen LogP contribution in [0.3, 0.4) is 0 Å². The van der Waals surface area contributed by atoms with Crippen LogP contribution in [0.5, 0.6) is 5.75 Å². The molecule has 1 unspecified atom stereocenters. The van der Waals surface area contributed by atoms with Crippen molar-refractivity contribution in [2.45, 2.75) is 44.2 Å². The van der Waals surface area contributed by atoms with E-state index >= 15 is 0 Å². The maximum absolute atomic E-state index is 10.3. The average Bonchev–Trinajstić information content (AvgIpc) is 2.54. The predicted octanol–water partition coefficient (Wildman–Crippen LogP) is 2.26. The van der Waals surface area contributed by atoms with Gasteiger partial charge in [-0.15, -0.1) is 0 Å². The molecule has 1 fully saturated rings. The summed E-state index contributed by atoms with van der Waals surface area (Å²) in [5, 5.41) is 23.5. The Kier molecular flexibility index (Phi) is 5.62. The van der Waals surface area contributed by atoms with Crippen LogP contribution in [-0.2, 0) is 0 Å². The summed E-state index contributed by atoms with van der Waals surface area (Å²) in [6.07, 6.45) is 3.60. The van der Waals surface area contributed by atoms with E-state index in [1.54, 1.807) is 7.11 Å². The van der Waals surface area contributed by atoms with Crippen LogP contribution in [0.2, 0.25) is 0 Å². The van der Waals surface area contributed by atoms with Gasteiger partial charge in [0.1, 0.15) is 5.75 Å². The molecule has 4 heteroatoms. The van der Waals surface area contributed by atoms with Crippen LogP contribution < -0.4 is 10.1 Å². The zero-order valence-corrected chi connectivity index (χ0v) is 13.0. The highest BCUT2D eigenvalue weighted by molar-refractivity contribution is 5.30. The molecule has 0 heterocycles. The number of hydrogen-bond donors (Lipinski definition) is 3. The van der Waals surface area contributed by atoms with Gasteiger partial charge in [-0.1, -0.05) is 19.1 Å². The van der Waals surface area contributed by atoms with E-state index in [0.29, 0.717) is 6.54 Å². The van der Waals surface area contributed by atoms with Crippen molar-refractivity contribution in [3.63, 3.8) is 0 Å². The molecule has 0 aromatic heterocycles. The Hall–Kier alpha value is -1.10. The summed E-state index contributed by atoms with van der Waals surface area (Å²) >= 11 is 0. The van der Waals surface area contributed by atoms with Gasteiger partial charge in [0.05, 0.1) is 19.8 Å². The van der Waals surface area contributed by atoms with Crippen LogP contribution in [0.1, 0.15) is 44.3 Å². The number of aliphatic hydroxyl groups excluding tert-OH is 2. The smallest absolute Gasteiger partial charge is 0.119 e. The fourth-order valence-electron chi connectivity index (χ4n) is 2.99. The Morgan fingerprint density at radius 1 is 1.38 bits per heavy atom. The monoisotopic (exact) mass is 293 g/mol. The largest absolute Gasteiger partial charge is 0.497 e. The molecule has 1 aromatic carbocycles. The number of methoxy groups -OCH3 is 1. The normalized spacial score (nSPS) is 27.3. The van der Waals surface area contributed by atoms with Crippen molar-refractivity contribution in [3.05, 3.63) is 29.8 Å². The highest BCUT2D eigenvalue weighted by Crippen LogP contribution is 2.32. The summed E-state index contributed by atoms with van der Waals surface area (Å²) in [5.74, 6) is 1.48. The van der Waals surface area contributed by atoms with Gasteiger partial charge in [0.2, 0.25) is 0 Å². The van der Waals surface area contributed by atoms with Gasteiger partial charge in [0.15, 0.2) is 0 Å². The minimum absolute atomic E-state index is 0.130. The number of rotatable bonds is 6. The Morgan fingerprint density at radius 2 is 2.10 bits per heavy atom. The molecule has 0 amide bonds. The van der Waals surface area contributed by atoms with E-state index in [-0.39, 0.29) is 12.1 Å². The lowest BCUT2D eigenvalue weighted by atomic mass is 9.77. The van der Waals surface area contributed by atoms with E-state index in [0.717, 1.165) is 42.9 Å². The predicted molar refractivity (Wildman–Crippen MR) is 83.4 cm³/mol. The van der Waals surface area contributed by atoms with Crippen molar-refractivity contribution >= 4 is 0 Å². The summed E-state index contributed by atoms with van der Waals surface area (Å²) in [6.45, 7) is 2.83. The molecular weight excluding hydrogens is 266 g/mol. The lowest BCUT2D eigenvalue weighted by molar-refractivity contribution is 0.0836. The third kappa shape index (κ3) is 4.19. The highest BCUT2D eigenvalue weighted by atomic mass is 16.5. The zero-order valence-electron chi connectivity index (χ0n) is 13.0. The summed E-state index contributed by atoms with van der Waals surface area (Å²) in [6, 6.07) is 7.48. The third-order valence-corrected chi connectivity index (χ3v) is 4.68. The van der Waals surface area contributed by atoms with E-state index in [1.807, 2.05) is 24.3 Å². The Bertz CT molecular complexity index is 441. The van der Waals surface area contributed by atoms with Gasteiger partial charge in [0, 0.05) is 12.1 Å². The first kappa shape index (κ1) is 16.3. The molecule has 0 saturated heterocycles. The van der Waals surface area contributed by atoms with Crippen LogP contribution >= 0.6 is 0 Å². The first-order chi connectivity index (χ1) is 10.1. The van der Waals surface area contributed by atoms with E-state index in [2.05, 4.69) is 12.2 Å². The van der Waals surface area contributed by atoms with Gasteiger partial charge in [-0.3, -0.25) is 0 Å². The van der Waals surface area contributed by atoms with Crippen molar-refractivity contribution in [3.8, 4) is 5.75 Å². The third-order valence-electron chi connectivity index (χ3n) is 4.68. The maximum Gasteiger partial charge on any atom is 0.119 e. The first-order valence-corrected chi connectivity index (χ1v) is 7.76. The second-order valence-electron chi connectivity index (χ2n) is 6.29. The number of hydrogen-bond acceptors (Lipinski definition) is 4. The van der Waals surface area contributed by atoms with Crippen molar-refractivity contribution in [2.24, 2.45) is 5.92 Å². The Morgan fingerprint density at radius 3 is 2.71 bits per heavy atom. The molecule has 3 N–H and O–H groups in total. The molecule has 21 heavy (non-hydrogen) atoms. The van der Waals surface area contributed by atoms with Gasteiger partial charge < -0.3 is 20.3 Å². The number of benzene rings is 1. The molecule has 1 aromatic rings. The molecule has 2 rings (SSSR count).